The average molecular weight is 306 g/mol. The molecule has 0 amide bonds. The van der Waals surface area contributed by atoms with Crippen LogP contribution in [0.4, 0.5) is 0 Å². The second-order valence-electron chi connectivity index (χ2n) is 4.23. The molecule has 6 heteroatoms. The number of aromatic amines is 1. The molecule has 0 aliphatic heterocycles. The number of rotatable bonds is 3. The molecule has 0 bridgehead atoms. The molecule has 0 fully saturated rings. The minimum absolute atomic E-state index is 0.576. The predicted octanol–water partition coefficient (Wildman–Crippen LogP) is 4.11. The summed E-state index contributed by atoms with van der Waals surface area (Å²) in [7, 11) is 0. The number of fused-ring (bicyclic) bond motifs is 1. The highest BCUT2D eigenvalue weighted by atomic mass is 35.5. The molecule has 3 rings (SSSR count). The van der Waals surface area contributed by atoms with Crippen molar-refractivity contribution in [2.45, 2.75) is 6.92 Å². The topological polar surface area (TPSA) is 42.3 Å². The summed E-state index contributed by atoms with van der Waals surface area (Å²) in [4.78, 5) is 2.98. The van der Waals surface area contributed by atoms with E-state index in [4.69, 9.17) is 28.6 Å². The van der Waals surface area contributed by atoms with Crippen LogP contribution >= 0.6 is 23.8 Å². The quantitative estimate of drug-likeness (QED) is 0.740. The van der Waals surface area contributed by atoms with Crippen LogP contribution < -0.4 is 4.74 Å². The monoisotopic (exact) mass is 305 g/mol. The lowest BCUT2D eigenvalue weighted by atomic mass is 10.1. The van der Waals surface area contributed by atoms with Gasteiger partial charge in [0.1, 0.15) is 15.9 Å². The number of aromatic nitrogens is 3. The molecule has 0 aliphatic rings. The minimum atomic E-state index is 0.576. The maximum Gasteiger partial charge on any atom is 0.137 e. The molecule has 0 unspecified atom stereocenters. The van der Waals surface area contributed by atoms with Crippen molar-refractivity contribution in [3.8, 4) is 17.0 Å². The van der Waals surface area contributed by atoms with Gasteiger partial charge in [-0.15, -0.1) is 0 Å². The fourth-order valence-corrected chi connectivity index (χ4v) is 2.46. The highest BCUT2D eigenvalue weighted by molar-refractivity contribution is 7.71. The van der Waals surface area contributed by atoms with E-state index in [0.717, 1.165) is 16.8 Å². The second kappa shape index (κ2) is 5.26. The van der Waals surface area contributed by atoms with E-state index in [0.29, 0.717) is 22.0 Å². The van der Waals surface area contributed by atoms with E-state index >= 15 is 0 Å². The van der Waals surface area contributed by atoms with E-state index in [9.17, 15) is 0 Å². The summed E-state index contributed by atoms with van der Waals surface area (Å²) >= 11 is 11.4. The third kappa shape index (κ3) is 2.30. The van der Waals surface area contributed by atoms with E-state index in [1.807, 2.05) is 37.4 Å². The molecule has 0 spiro atoms. The average Bonchev–Trinajstić information content (AvgIpc) is 2.87. The van der Waals surface area contributed by atoms with Crippen LogP contribution in [0.5, 0.6) is 5.75 Å². The fraction of sp³-hybridized carbons (Fsp3) is 0.143. The zero-order chi connectivity index (χ0) is 14.1. The number of nitrogens with one attached hydrogen (secondary N) is 1. The van der Waals surface area contributed by atoms with Gasteiger partial charge in [0.2, 0.25) is 0 Å². The number of benzene rings is 1. The molecule has 0 atom stereocenters. The first-order valence-corrected chi connectivity index (χ1v) is 6.97. The number of halogens is 1. The second-order valence-corrected chi connectivity index (χ2v) is 5.04. The van der Waals surface area contributed by atoms with Crippen LogP contribution in [0.25, 0.3) is 16.8 Å². The summed E-state index contributed by atoms with van der Waals surface area (Å²) in [6, 6.07) is 7.57. The van der Waals surface area contributed by atoms with Gasteiger partial charge in [0.25, 0.3) is 0 Å². The highest BCUT2D eigenvalue weighted by Gasteiger charge is 2.08. The summed E-state index contributed by atoms with van der Waals surface area (Å²) in [5.41, 5.74) is 2.61. The van der Waals surface area contributed by atoms with E-state index in [1.165, 1.54) is 0 Å². The number of hydrogen-bond acceptors (Lipinski definition) is 3. The molecule has 102 valence electrons. The number of hydrogen-bond donors (Lipinski definition) is 1. The zero-order valence-corrected chi connectivity index (χ0v) is 12.3. The highest BCUT2D eigenvalue weighted by Crippen LogP contribution is 2.30. The minimum Gasteiger partial charge on any atom is -0.492 e. The van der Waals surface area contributed by atoms with Crippen LogP contribution in [0.3, 0.4) is 0 Å². The molecule has 0 saturated carbocycles. The van der Waals surface area contributed by atoms with Crippen molar-refractivity contribution >= 4 is 29.3 Å². The molecule has 0 aliphatic carbocycles. The Hall–Kier alpha value is -1.85. The van der Waals surface area contributed by atoms with Crippen molar-refractivity contribution in [3.63, 3.8) is 0 Å². The lowest BCUT2D eigenvalue weighted by Gasteiger charge is -2.06. The first-order valence-electron chi connectivity index (χ1n) is 6.19. The summed E-state index contributed by atoms with van der Waals surface area (Å²) in [5.74, 6) is 0.680. The Kier molecular flexibility index (Phi) is 3.46. The third-order valence-corrected chi connectivity index (χ3v) is 3.55. The van der Waals surface area contributed by atoms with Crippen molar-refractivity contribution in [2.24, 2.45) is 0 Å². The van der Waals surface area contributed by atoms with E-state index in [-0.39, 0.29) is 0 Å². The zero-order valence-electron chi connectivity index (χ0n) is 10.8. The van der Waals surface area contributed by atoms with E-state index in [2.05, 4.69) is 10.1 Å². The molecule has 2 aromatic heterocycles. The van der Waals surface area contributed by atoms with Crippen molar-refractivity contribution in [1.82, 2.24) is 14.6 Å². The summed E-state index contributed by atoms with van der Waals surface area (Å²) in [5, 5.41) is 5.07. The Morgan fingerprint density at radius 3 is 2.95 bits per heavy atom. The fourth-order valence-electron chi connectivity index (χ4n) is 2.01. The van der Waals surface area contributed by atoms with Crippen LogP contribution in [-0.2, 0) is 0 Å². The Bertz CT molecular complexity index is 825. The van der Waals surface area contributed by atoms with Gasteiger partial charge in [0, 0.05) is 18.0 Å². The van der Waals surface area contributed by atoms with E-state index < -0.39 is 0 Å². The molecule has 1 aromatic carbocycles. The normalized spacial score (nSPS) is 10.9. The number of ether oxygens (including phenoxy) is 1. The van der Waals surface area contributed by atoms with Crippen LogP contribution in [0.2, 0.25) is 5.02 Å². The Morgan fingerprint density at radius 2 is 2.25 bits per heavy atom. The van der Waals surface area contributed by atoms with Crippen LogP contribution in [-0.4, -0.2) is 21.2 Å². The number of H-pyrrole nitrogens is 1. The summed E-state index contributed by atoms with van der Waals surface area (Å²) in [6.07, 6.45) is 3.59. The van der Waals surface area contributed by atoms with Crippen molar-refractivity contribution in [2.75, 3.05) is 6.61 Å². The maximum atomic E-state index is 6.20. The predicted molar refractivity (Wildman–Crippen MR) is 82.0 cm³/mol. The van der Waals surface area contributed by atoms with Gasteiger partial charge in [-0.1, -0.05) is 23.8 Å². The van der Waals surface area contributed by atoms with Gasteiger partial charge in [0.15, 0.2) is 0 Å². The lowest BCUT2D eigenvalue weighted by molar-refractivity contribution is 0.340. The summed E-state index contributed by atoms with van der Waals surface area (Å²) in [6.45, 7) is 2.51. The molecule has 2 heterocycles. The Morgan fingerprint density at radius 1 is 1.40 bits per heavy atom. The largest absolute Gasteiger partial charge is 0.492 e. The van der Waals surface area contributed by atoms with Crippen LogP contribution in [0.15, 0.2) is 36.7 Å². The lowest BCUT2D eigenvalue weighted by Crippen LogP contribution is -1.92. The van der Waals surface area contributed by atoms with Gasteiger partial charge in [0.05, 0.1) is 17.3 Å². The van der Waals surface area contributed by atoms with Crippen molar-refractivity contribution in [3.05, 3.63) is 46.3 Å². The Balaban J connectivity index is 2.09. The first-order chi connectivity index (χ1) is 9.69. The molecule has 20 heavy (non-hydrogen) atoms. The number of nitrogens with zero attached hydrogens (tertiary/aromatic N) is 2. The molecule has 0 radical (unpaired) electrons. The summed E-state index contributed by atoms with van der Waals surface area (Å²) < 4.78 is 7.83. The molecule has 1 N–H and O–H groups in total. The van der Waals surface area contributed by atoms with Gasteiger partial charge in [-0.3, -0.25) is 0 Å². The smallest absolute Gasteiger partial charge is 0.137 e. The molecular formula is C14H12ClN3OS. The van der Waals surface area contributed by atoms with Crippen molar-refractivity contribution < 1.29 is 4.74 Å². The van der Waals surface area contributed by atoms with Gasteiger partial charge >= 0.3 is 0 Å². The van der Waals surface area contributed by atoms with Crippen molar-refractivity contribution in [1.29, 1.82) is 0 Å². The first kappa shape index (κ1) is 13.1. The SMILES string of the molecule is CCOc1ccc(-c2cc3c(=S)[nH]ccn3n2)cc1Cl. The van der Waals surface area contributed by atoms with Gasteiger partial charge in [-0.05, 0) is 31.2 Å². The molecular weight excluding hydrogens is 294 g/mol. The molecule has 0 saturated heterocycles. The maximum absolute atomic E-state index is 6.20. The standard InChI is InChI=1S/C14H12ClN3OS/c1-2-19-13-4-3-9(7-10(13)15)11-8-12-14(20)16-5-6-18(12)17-11/h3-8H,2H2,1H3,(H,16,20). The Labute approximate surface area is 126 Å². The van der Waals surface area contributed by atoms with Gasteiger partial charge in [-0.2, -0.15) is 5.10 Å². The van der Waals surface area contributed by atoms with Crippen LogP contribution in [0.1, 0.15) is 6.92 Å². The third-order valence-electron chi connectivity index (χ3n) is 2.93. The molecule has 4 nitrogen and oxygen atoms in total. The van der Waals surface area contributed by atoms with E-state index in [1.54, 1.807) is 10.7 Å². The van der Waals surface area contributed by atoms with Crippen LogP contribution in [0, 0.1) is 4.64 Å². The molecule has 3 aromatic rings. The van der Waals surface area contributed by atoms with Gasteiger partial charge in [-0.25, -0.2) is 4.52 Å². The van der Waals surface area contributed by atoms with Gasteiger partial charge < -0.3 is 9.72 Å².